The fourth-order valence-corrected chi connectivity index (χ4v) is 5.34. The summed E-state index contributed by atoms with van der Waals surface area (Å²) in [7, 11) is 0. The number of non-ortho nitro benzene ring substituents is 1. The average Bonchev–Trinajstić information content (AvgIpc) is 3.46. The summed E-state index contributed by atoms with van der Waals surface area (Å²) in [6.45, 7) is 2.56. The maximum Gasteiger partial charge on any atom is 0.298 e. The molecule has 0 bridgehead atoms. The number of unbranched alkanes of at least 4 members (excludes halogenated alkanes) is 13. The standard InChI is InChI=1S/C30H49N5O5S/c1-2-3-4-5-6-7-8-9-10-11-12-13-15-18-27(37)25(23-36)32-28(38)19-16-14-17-22-31-24-20-21-26(35(39)40)30-29(24)33-41-34-30/h15,18,20-21,25,27,31,36-37H,2-14,16-17,19,22-23H2,1H3,(H,32,38)/b18-15+/t25-,27+/m0/s1. The summed E-state index contributed by atoms with van der Waals surface area (Å²) in [5, 5.41) is 37.1. The number of carbonyl (C=O) groups is 1. The van der Waals surface area contributed by atoms with E-state index < -0.39 is 17.1 Å². The molecule has 0 unspecified atom stereocenters. The zero-order chi connectivity index (χ0) is 29.7. The molecule has 230 valence electrons. The van der Waals surface area contributed by atoms with Crippen LogP contribution in [0.25, 0.3) is 11.0 Å². The molecule has 0 radical (unpaired) electrons. The van der Waals surface area contributed by atoms with Crippen molar-refractivity contribution in [1.82, 2.24) is 14.1 Å². The topological polar surface area (TPSA) is 151 Å². The van der Waals surface area contributed by atoms with E-state index in [2.05, 4.69) is 26.3 Å². The number of nitro groups is 1. The molecule has 4 N–H and O–H groups in total. The Balaban J connectivity index is 1.52. The Morgan fingerprint density at radius 1 is 0.976 bits per heavy atom. The van der Waals surface area contributed by atoms with Crippen molar-refractivity contribution in [1.29, 1.82) is 0 Å². The number of hydrogen-bond donors (Lipinski definition) is 4. The normalized spacial score (nSPS) is 13.0. The third-order valence-electron chi connectivity index (χ3n) is 7.25. The van der Waals surface area contributed by atoms with E-state index in [4.69, 9.17) is 0 Å². The van der Waals surface area contributed by atoms with Crippen LogP contribution in [0.2, 0.25) is 0 Å². The third-order valence-corrected chi connectivity index (χ3v) is 7.78. The van der Waals surface area contributed by atoms with Crippen LogP contribution < -0.4 is 10.6 Å². The first-order valence-electron chi connectivity index (χ1n) is 15.4. The van der Waals surface area contributed by atoms with Crippen molar-refractivity contribution >= 4 is 40.0 Å². The maximum absolute atomic E-state index is 12.3. The molecule has 2 atom stereocenters. The number of benzene rings is 1. The van der Waals surface area contributed by atoms with Crippen molar-refractivity contribution in [3.05, 3.63) is 34.4 Å². The Kier molecular flexibility index (Phi) is 17.8. The van der Waals surface area contributed by atoms with Crippen LogP contribution in [0.4, 0.5) is 11.4 Å². The summed E-state index contributed by atoms with van der Waals surface area (Å²) in [6, 6.07) is 2.35. The first kappa shape index (κ1) is 34.6. The molecule has 41 heavy (non-hydrogen) atoms. The van der Waals surface area contributed by atoms with Gasteiger partial charge in [-0.15, -0.1) is 0 Å². The second-order valence-corrected chi connectivity index (χ2v) is 11.2. The molecule has 1 aromatic heterocycles. The van der Waals surface area contributed by atoms with Gasteiger partial charge in [-0.1, -0.05) is 89.7 Å². The molecule has 10 nitrogen and oxygen atoms in total. The number of hydrogen-bond acceptors (Lipinski definition) is 9. The van der Waals surface area contributed by atoms with Crippen LogP contribution >= 0.6 is 11.7 Å². The smallest absolute Gasteiger partial charge is 0.298 e. The van der Waals surface area contributed by atoms with E-state index in [9.17, 15) is 25.1 Å². The van der Waals surface area contributed by atoms with Crippen molar-refractivity contribution in [2.75, 3.05) is 18.5 Å². The largest absolute Gasteiger partial charge is 0.394 e. The number of rotatable bonds is 24. The van der Waals surface area contributed by atoms with Gasteiger partial charge >= 0.3 is 0 Å². The zero-order valence-electron chi connectivity index (χ0n) is 24.6. The Labute approximate surface area is 248 Å². The highest BCUT2D eigenvalue weighted by Gasteiger charge is 2.19. The number of anilines is 1. The van der Waals surface area contributed by atoms with Gasteiger partial charge in [-0.25, -0.2) is 0 Å². The molecule has 0 aliphatic heterocycles. The number of fused-ring (bicyclic) bond motifs is 1. The molecule has 2 aromatic rings. The number of allylic oxidation sites excluding steroid dienone is 1. The molecule has 0 fully saturated rings. The second-order valence-electron chi connectivity index (χ2n) is 10.7. The minimum absolute atomic E-state index is 0.0588. The van der Waals surface area contributed by atoms with Crippen LogP contribution in [0, 0.1) is 10.1 Å². The first-order valence-corrected chi connectivity index (χ1v) is 16.1. The molecular formula is C30H49N5O5S. The number of nitrogens with zero attached hydrogens (tertiary/aromatic N) is 3. The van der Waals surface area contributed by atoms with Crippen LogP contribution in [0.3, 0.4) is 0 Å². The third kappa shape index (κ3) is 13.7. The second kappa shape index (κ2) is 21.1. The first-order chi connectivity index (χ1) is 20.0. The van der Waals surface area contributed by atoms with Gasteiger partial charge in [0.1, 0.15) is 5.52 Å². The number of carbonyl (C=O) groups excluding carboxylic acids is 1. The van der Waals surface area contributed by atoms with E-state index in [1.165, 1.54) is 70.3 Å². The molecule has 0 spiro atoms. The maximum atomic E-state index is 12.3. The van der Waals surface area contributed by atoms with Gasteiger partial charge in [0.05, 0.1) is 41.1 Å². The SMILES string of the molecule is CCCCCCCCCCCCC/C=C/[C@@H](O)[C@H](CO)NC(=O)CCCCCNc1ccc([N+](=O)[O-])c2nsnc12. The molecule has 2 rings (SSSR count). The summed E-state index contributed by atoms with van der Waals surface area (Å²) in [5.74, 6) is -0.194. The summed E-state index contributed by atoms with van der Waals surface area (Å²) in [4.78, 5) is 23.0. The lowest BCUT2D eigenvalue weighted by atomic mass is 10.0. The van der Waals surface area contributed by atoms with Crippen LogP contribution in [-0.2, 0) is 4.79 Å². The lowest BCUT2D eigenvalue weighted by molar-refractivity contribution is -0.383. The average molecular weight is 592 g/mol. The van der Waals surface area contributed by atoms with Crippen molar-refractivity contribution in [2.45, 2.75) is 122 Å². The molecule has 1 amide bonds. The molecule has 1 aromatic carbocycles. The van der Waals surface area contributed by atoms with E-state index in [-0.39, 0.29) is 23.7 Å². The molecule has 11 heteroatoms. The highest BCUT2D eigenvalue weighted by molar-refractivity contribution is 7.00. The highest BCUT2D eigenvalue weighted by Crippen LogP contribution is 2.29. The fraction of sp³-hybridized carbons (Fsp3) is 0.700. The predicted octanol–water partition coefficient (Wildman–Crippen LogP) is 6.67. The van der Waals surface area contributed by atoms with Gasteiger partial charge in [-0.05, 0) is 31.7 Å². The van der Waals surface area contributed by atoms with Gasteiger partial charge in [0, 0.05) is 19.0 Å². The molecular weight excluding hydrogens is 542 g/mol. The van der Waals surface area contributed by atoms with Crippen molar-refractivity contribution in [3.8, 4) is 0 Å². The Bertz CT molecular complexity index is 1050. The quantitative estimate of drug-likeness (QED) is 0.0457. The number of aliphatic hydroxyl groups excluding tert-OH is 2. The number of nitro benzene ring substituents is 1. The molecule has 0 saturated heterocycles. The Morgan fingerprint density at radius 3 is 2.27 bits per heavy atom. The van der Waals surface area contributed by atoms with Gasteiger partial charge in [-0.3, -0.25) is 14.9 Å². The molecule has 0 saturated carbocycles. The van der Waals surface area contributed by atoms with E-state index >= 15 is 0 Å². The Morgan fingerprint density at radius 2 is 1.61 bits per heavy atom. The van der Waals surface area contributed by atoms with Crippen LogP contribution in [0.1, 0.15) is 110 Å². The number of aliphatic hydroxyl groups is 2. The van der Waals surface area contributed by atoms with Crippen molar-refractivity contribution in [3.63, 3.8) is 0 Å². The van der Waals surface area contributed by atoms with Gasteiger partial charge in [-0.2, -0.15) is 8.75 Å². The molecule has 1 heterocycles. The van der Waals surface area contributed by atoms with Crippen LogP contribution in [0.15, 0.2) is 24.3 Å². The summed E-state index contributed by atoms with van der Waals surface area (Å²) < 4.78 is 8.20. The summed E-state index contributed by atoms with van der Waals surface area (Å²) in [6.07, 6.45) is 20.4. The lowest BCUT2D eigenvalue weighted by Gasteiger charge is -2.20. The number of amides is 1. The molecule has 0 aliphatic carbocycles. The number of aromatic nitrogens is 2. The van der Waals surface area contributed by atoms with E-state index in [1.807, 2.05) is 6.08 Å². The minimum atomic E-state index is -0.917. The fourth-order valence-electron chi connectivity index (χ4n) is 4.77. The van der Waals surface area contributed by atoms with E-state index in [0.29, 0.717) is 30.6 Å². The van der Waals surface area contributed by atoms with Crippen molar-refractivity contribution < 1.29 is 19.9 Å². The number of nitrogens with one attached hydrogen (secondary N) is 2. The van der Waals surface area contributed by atoms with Crippen LogP contribution in [0.5, 0.6) is 0 Å². The zero-order valence-corrected chi connectivity index (χ0v) is 25.4. The van der Waals surface area contributed by atoms with Gasteiger partial charge in [0.15, 0.2) is 5.52 Å². The lowest BCUT2D eigenvalue weighted by Crippen LogP contribution is -2.45. The van der Waals surface area contributed by atoms with Gasteiger partial charge in [0.25, 0.3) is 5.69 Å². The monoisotopic (exact) mass is 591 g/mol. The highest BCUT2D eigenvalue weighted by atomic mass is 32.1. The predicted molar refractivity (Wildman–Crippen MR) is 166 cm³/mol. The van der Waals surface area contributed by atoms with E-state index in [0.717, 1.165) is 37.4 Å². The van der Waals surface area contributed by atoms with Crippen LogP contribution in [-0.4, -0.2) is 55.1 Å². The summed E-state index contributed by atoms with van der Waals surface area (Å²) >= 11 is 0.941. The van der Waals surface area contributed by atoms with E-state index in [1.54, 1.807) is 12.1 Å². The Hall–Kier alpha value is -2.63. The molecule has 0 aliphatic rings. The minimum Gasteiger partial charge on any atom is -0.394 e. The summed E-state index contributed by atoms with van der Waals surface area (Å²) in [5.41, 5.74) is 1.42. The van der Waals surface area contributed by atoms with Crippen molar-refractivity contribution in [2.24, 2.45) is 0 Å². The van der Waals surface area contributed by atoms with Gasteiger partial charge in [0.2, 0.25) is 5.91 Å². The van der Waals surface area contributed by atoms with Gasteiger partial charge < -0.3 is 20.8 Å².